The molecule has 0 atom stereocenters. The monoisotopic (exact) mass is 407 g/mol. The number of carbonyl (C=O) groups is 1. The van der Waals surface area contributed by atoms with E-state index in [-0.39, 0.29) is 11.7 Å². The predicted molar refractivity (Wildman–Crippen MR) is 113 cm³/mol. The Morgan fingerprint density at radius 3 is 2.43 bits per heavy atom. The molecule has 1 aliphatic heterocycles. The molecule has 1 aromatic heterocycles. The first-order chi connectivity index (χ1) is 14.5. The van der Waals surface area contributed by atoms with Crippen LogP contribution >= 0.6 is 0 Å². The maximum Gasteiger partial charge on any atom is 0.227 e. The number of carbonyl (C=O) groups excluding carboxylic acids is 1. The van der Waals surface area contributed by atoms with E-state index in [0.717, 1.165) is 41.2 Å². The SMILES string of the molecule is Cc1ccccc1-c1nc(CN2CCN(C(=O)Cc3ccc(F)cc3)CC2)c(C)o1. The van der Waals surface area contributed by atoms with Crippen molar-refractivity contribution in [3.05, 3.63) is 76.9 Å². The molecule has 0 N–H and O–H groups in total. The lowest BCUT2D eigenvalue weighted by Gasteiger charge is -2.34. The predicted octanol–water partition coefficient (Wildman–Crippen LogP) is 3.98. The van der Waals surface area contributed by atoms with E-state index in [1.54, 1.807) is 12.1 Å². The summed E-state index contributed by atoms with van der Waals surface area (Å²) in [6.45, 7) is 7.66. The highest BCUT2D eigenvalue weighted by molar-refractivity contribution is 5.78. The summed E-state index contributed by atoms with van der Waals surface area (Å²) in [6, 6.07) is 14.2. The molecule has 1 amide bonds. The third kappa shape index (κ3) is 4.60. The van der Waals surface area contributed by atoms with E-state index in [2.05, 4.69) is 17.9 Å². The lowest BCUT2D eigenvalue weighted by molar-refractivity contribution is -0.132. The summed E-state index contributed by atoms with van der Waals surface area (Å²) in [5, 5.41) is 0. The molecule has 2 aromatic carbocycles. The van der Waals surface area contributed by atoms with Crippen LogP contribution < -0.4 is 0 Å². The van der Waals surface area contributed by atoms with Crippen molar-refractivity contribution in [3.8, 4) is 11.5 Å². The van der Waals surface area contributed by atoms with Gasteiger partial charge in [0.15, 0.2) is 0 Å². The fourth-order valence-electron chi connectivity index (χ4n) is 3.76. The van der Waals surface area contributed by atoms with Crippen molar-refractivity contribution in [3.63, 3.8) is 0 Å². The highest BCUT2D eigenvalue weighted by atomic mass is 19.1. The Morgan fingerprint density at radius 1 is 1.03 bits per heavy atom. The van der Waals surface area contributed by atoms with Crippen LogP contribution in [0.2, 0.25) is 0 Å². The minimum Gasteiger partial charge on any atom is -0.441 e. The van der Waals surface area contributed by atoms with Crippen LogP contribution in [0.1, 0.15) is 22.6 Å². The van der Waals surface area contributed by atoms with Crippen LogP contribution in [-0.2, 0) is 17.8 Å². The number of hydrogen-bond acceptors (Lipinski definition) is 4. The minimum atomic E-state index is -0.284. The van der Waals surface area contributed by atoms with Gasteiger partial charge in [-0.05, 0) is 43.2 Å². The zero-order valence-corrected chi connectivity index (χ0v) is 17.4. The maximum absolute atomic E-state index is 13.0. The summed E-state index contributed by atoms with van der Waals surface area (Å²) in [6.07, 6.45) is 0.308. The summed E-state index contributed by atoms with van der Waals surface area (Å²) in [7, 11) is 0. The molecule has 0 saturated carbocycles. The number of amides is 1. The Kier molecular flexibility index (Phi) is 5.95. The molecular weight excluding hydrogens is 381 g/mol. The average molecular weight is 407 g/mol. The van der Waals surface area contributed by atoms with Gasteiger partial charge in [-0.25, -0.2) is 9.37 Å². The lowest BCUT2D eigenvalue weighted by Crippen LogP contribution is -2.48. The fourth-order valence-corrected chi connectivity index (χ4v) is 3.76. The van der Waals surface area contributed by atoms with Crippen LogP contribution in [0.5, 0.6) is 0 Å². The van der Waals surface area contributed by atoms with Crippen molar-refractivity contribution in [1.29, 1.82) is 0 Å². The molecule has 1 aliphatic rings. The Morgan fingerprint density at radius 2 is 1.73 bits per heavy atom. The van der Waals surface area contributed by atoms with Gasteiger partial charge in [0, 0.05) is 38.3 Å². The second-order valence-corrected chi connectivity index (χ2v) is 7.80. The van der Waals surface area contributed by atoms with Crippen molar-refractivity contribution >= 4 is 5.91 Å². The molecule has 0 unspecified atom stereocenters. The van der Waals surface area contributed by atoms with Gasteiger partial charge in [0.05, 0.1) is 12.1 Å². The van der Waals surface area contributed by atoms with E-state index in [4.69, 9.17) is 9.40 Å². The van der Waals surface area contributed by atoms with E-state index in [1.807, 2.05) is 30.0 Å². The number of halogens is 1. The molecule has 3 aromatic rings. The number of oxazole rings is 1. The molecule has 0 spiro atoms. The van der Waals surface area contributed by atoms with E-state index in [0.29, 0.717) is 31.9 Å². The number of aryl methyl sites for hydroxylation is 2. The number of hydrogen-bond donors (Lipinski definition) is 0. The molecule has 5 nitrogen and oxygen atoms in total. The molecule has 1 saturated heterocycles. The summed E-state index contributed by atoms with van der Waals surface area (Å²) in [5.41, 5.74) is 3.94. The van der Waals surface area contributed by atoms with Crippen molar-refractivity contribution in [2.75, 3.05) is 26.2 Å². The highest BCUT2D eigenvalue weighted by Crippen LogP contribution is 2.25. The van der Waals surface area contributed by atoms with E-state index < -0.39 is 0 Å². The summed E-state index contributed by atoms with van der Waals surface area (Å²) >= 11 is 0. The van der Waals surface area contributed by atoms with Crippen molar-refractivity contribution in [1.82, 2.24) is 14.8 Å². The second-order valence-electron chi connectivity index (χ2n) is 7.80. The van der Waals surface area contributed by atoms with Crippen molar-refractivity contribution in [2.45, 2.75) is 26.8 Å². The van der Waals surface area contributed by atoms with Gasteiger partial charge in [0.2, 0.25) is 11.8 Å². The quantitative estimate of drug-likeness (QED) is 0.642. The van der Waals surface area contributed by atoms with Crippen LogP contribution in [-0.4, -0.2) is 46.9 Å². The number of benzene rings is 2. The molecule has 6 heteroatoms. The van der Waals surface area contributed by atoms with E-state index >= 15 is 0 Å². The van der Waals surface area contributed by atoms with Crippen LogP contribution in [0.3, 0.4) is 0 Å². The smallest absolute Gasteiger partial charge is 0.227 e. The average Bonchev–Trinajstić information content (AvgIpc) is 3.10. The molecule has 4 rings (SSSR count). The first-order valence-corrected chi connectivity index (χ1v) is 10.3. The van der Waals surface area contributed by atoms with E-state index in [1.165, 1.54) is 12.1 Å². The van der Waals surface area contributed by atoms with Gasteiger partial charge in [-0.3, -0.25) is 9.69 Å². The van der Waals surface area contributed by atoms with Crippen LogP contribution in [0.4, 0.5) is 4.39 Å². The Hall–Kier alpha value is -2.99. The normalized spacial score (nSPS) is 14.8. The van der Waals surface area contributed by atoms with Gasteiger partial charge < -0.3 is 9.32 Å². The van der Waals surface area contributed by atoms with Crippen molar-refractivity contribution < 1.29 is 13.6 Å². The molecule has 0 aliphatic carbocycles. The maximum atomic E-state index is 13.0. The minimum absolute atomic E-state index is 0.0840. The van der Waals surface area contributed by atoms with Crippen LogP contribution in [0.15, 0.2) is 52.9 Å². The first-order valence-electron chi connectivity index (χ1n) is 10.3. The van der Waals surface area contributed by atoms with Crippen LogP contribution in [0.25, 0.3) is 11.5 Å². The zero-order chi connectivity index (χ0) is 21.1. The summed E-state index contributed by atoms with van der Waals surface area (Å²) in [5.74, 6) is 1.30. The Labute approximate surface area is 176 Å². The molecule has 2 heterocycles. The van der Waals surface area contributed by atoms with Gasteiger partial charge in [-0.15, -0.1) is 0 Å². The van der Waals surface area contributed by atoms with E-state index in [9.17, 15) is 9.18 Å². The molecule has 30 heavy (non-hydrogen) atoms. The molecule has 156 valence electrons. The highest BCUT2D eigenvalue weighted by Gasteiger charge is 2.23. The zero-order valence-electron chi connectivity index (χ0n) is 17.4. The van der Waals surface area contributed by atoms with Gasteiger partial charge >= 0.3 is 0 Å². The number of aromatic nitrogens is 1. The number of rotatable bonds is 5. The van der Waals surface area contributed by atoms with Gasteiger partial charge in [0.1, 0.15) is 11.6 Å². The van der Waals surface area contributed by atoms with Gasteiger partial charge in [0.25, 0.3) is 0 Å². The summed E-state index contributed by atoms with van der Waals surface area (Å²) in [4.78, 5) is 21.5. The fraction of sp³-hybridized carbons (Fsp3) is 0.333. The molecule has 0 radical (unpaired) electrons. The Balaban J connectivity index is 1.33. The molecular formula is C24H26FN3O2. The first kappa shape index (κ1) is 20.3. The Bertz CT molecular complexity index is 1020. The third-order valence-electron chi connectivity index (χ3n) is 5.64. The molecule has 1 fully saturated rings. The van der Waals surface area contributed by atoms with Crippen molar-refractivity contribution in [2.24, 2.45) is 0 Å². The third-order valence-corrected chi connectivity index (χ3v) is 5.64. The summed E-state index contributed by atoms with van der Waals surface area (Å²) < 4.78 is 19.0. The van der Waals surface area contributed by atoms with Gasteiger partial charge in [-0.1, -0.05) is 30.3 Å². The molecule has 0 bridgehead atoms. The topological polar surface area (TPSA) is 49.6 Å². The lowest BCUT2D eigenvalue weighted by atomic mass is 10.1. The standard InChI is InChI=1S/C24H26FN3O2/c1-17-5-3-4-6-21(17)24-26-22(18(2)30-24)16-27-11-13-28(14-12-27)23(29)15-19-7-9-20(25)10-8-19/h3-10H,11-16H2,1-2H3. The largest absolute Gasteiger partial charge is 0.441 e. The van der Waals surface area contributed by atoms with Gasteiger partial charge in [-0.2, -0.15) is 0 Å². The number of piperazine rings is 1. The van der Waals surface area contributed by atoms with Crippen LogP contribution in [0, 0.1) is 19.7 Å². The number of nitrogens with zero attached hydrogens (tertiary/aromatic N) is 3. The second kappa shape index (κ2) is 8.79.